The van der Waals surface area contributed by atoms with Crippen LogP contribution in [0.2, 0.25) is 0 Å². The van der Waals surface area contributed by atoms with E-state index in [1.807, 2.05) is 0 Å². The third kappa shape index (κ3) is 6.67. The Morgan fingerprint density at radius 1 is 1.19 bits per heavy atom. The predicted molar refractivity (Wildman–Crippen MR) is 133 cm³/mol. The molecule has 14 heteroatoms. The molecule has 0 saturated heterocycles. The largest absolute Gasteiger partial charge is 0.482 e. The van der Waals surface area contributed by atoms with Gasteiger partial charge in [0.1, 0.15) is 29.0 Å². The molecule has 4 aromatic rings. The third-order valence-electron chi connectivity index (χ3n) is 4.92. The molecule has 1 atom stereocenters. The van der Waals surface area contributed by atoms with Crippen LogP contribution in [0.3, 0.4) is 0 Å². The van der Waals surface area contributed by atoms with Crippen LogP contribution in [-0.2, 0) is 0 Å². The smallest absolute Gasteiger partial charge is 0.399 e. The zero-order valence-corrected chi connectivity index (χ0v) is 20.1. The summed E-state index contributed by atoms with van der Waals surface area (Å²) in [6, 6.07) is 10.0. The van der Waals surface area contributed by atoms with E-state index in [0.717, 1.165) is 0 Å². The summed E-state index contributed by atoms with van der Waals surface area (Å²) >= 11 is 0.478. The summed E-state index contributed by atoms with van der Waals surface area (Å²) in [5.41, 5.74) is 7.37. The summed E-state index contributed by atoms with van der Waals surface area (Å²) in [5, 5.41) is 9.82. The Morgan fingerprint density at radius 2 is 2.03 bits per heavy atom. The van der Waals surface area contributed by atoms with Gasteiger partial charge >= 0.3 is 6.18 Å². The third-order valence-corrected chi connectivity index (χ3v) is 5.75. The molecule has 5 N–H and O–H groups in total. The van der Waals surface area contributed by atoms with Crippen molar-refractivity contribution in [3.63, 3.8) is 0 Å². The van der Waals surface area contributed by atoms with E-state index in [0.29, 0.717) is 34.7 Å². The minimum absolute atomic E-state index is 0.0570. The van der Waals surface area contributed by atoms with E-state index < -0.39 is 23.9 Å². The molecular weight excluding hydrogens is 509 g/mol. The highest BCUT2D eigenvalue weighted by Gasteiger charge is 2.27. The normalized spacial score (nSPS) is 12.1. The molecule has 0 aliphatic rings. The van der Waals surface area contributed by atoms with Crippen molar-refractivity contribution < 1.29 is 22.7 Å². The lowest BCUT2D eigenvalue weighted by molar-refractivity contribution is -0.105. The van der Waals surface area contributed by atoms with Gasteiger partial charge in [-0.15, -0.1) is 0 Å². The second kappa shape index (κ2) is 11.2. The van der Waals surface area contributed by atoms with Gasteiger partial charge in [0.15, 0.2) is 5.82 Å². The summed E-state index contributed by atoms with van der Waals surface area (Å²) in [5.74, 6) is -1.15. The SMILES string of the molecule is CC(Oc1cc(-c2[nH]nc(Nc3cnccn3)c2C(N)=O)ccc1NSCC(F)(F)F)c1ccccn1. The fraction of sp³-hybridized carbons (Fsp3) is 0.174. The zero-order valence-electron chi connectivity index (χ0n) is 19.3. The van der Waals surface area contributed by atoms with E-state index in [-0.39, 0.29) is 22.8 Å². The van der Waals surface area contributed by atoms with Gasteiger partial charge in [-0.1, -0.05) is 12.1 Å². The van der Waals surface area contributed by atoms with Gasteiger partial charge in [0.25, 0.3) is 5.91 Å². The number of hydrogen-bond donors (Lipinski definition) is 4. The summed E-state index contributed by atoms with van der Waals surface area (Å²) < 4.78 is 46.8. The number of halogens is 3. The molecule has 10 nitrogen and oxygen atoms in total. The molecule has 0 bridgehead atoms. The summed E-state index contributed by atoms with van der Waals surface area (Å²) in [4.78, 5) is 24.7. The van der Waals surface area contributed by atoms with Crippen LogP contribution in [0.1, 0.15) is 29.1 Å². The Hall–Kier alpha value is -4.33. The number of benzene rings is 1. The molecular formula is C23H21F3N8O2S. The maximum absolute atomic E-state index is 12.7. The first kappa shape index (κ1) is 25.8. The molecule has 1 aromatic carbocycles. The van der Waals surface area contributed by atoms with Gasteiger partial charge in [0.05, 0.1) is 23.3 Å². The van der Waals surface area contributed by atoms with E-state index in [1.54, 1.807) is 49.5 Å². The van der Waals surface area contributed by atoms with Crippen LogP contribution in [0.5, 0.6) is 5.75 Å². The molecule has 37 heavy (non-hydrogen) atoms. The lowest BCUT2D eigenvalue weighted by Crippen LogP contribution is -2.14. The van der Waals surface area contributed by atoms with Crippen molar-refractivity contribution in [2.24, 2.45) is 5.73 Å². The van der Waals surface area contributed by atoms with E-state index in [9.17, 15) is 18.0 Å². The van der Waals surface area contributed by atoms with Crippen LogP contribution in [0, 0.1) is 0 Å². The molecule has 192 valence electrons. The molecule has 3 heterocycles. The molecule has 1 amide bonds. The molecule has 3 aromatic heterocycles. The summed E-state index contributed by atoms with van der Waals surface area (Å²) in [6.45, 7) is 1.76. The Balaban J connectivity index is 1.68. The summed E-state index contributed by atoms with van der Waals surface area (Å²) in [7, 11) is 0. The van der Waals surface area contributed by atoms with Crippen molar-refractivity contribution in [3.05, 3.63) is 72.4 Å². The molecule has 0 saturated carbocycles. The fourth-order valence-corrected chi connectivity index (χ4v) is 3.85. The van der Waals surface area contributed by atoms with Gasteiger partial charge < -0.3 is 20.5 Å². The van der Waals surface area contributed by atoms with Crippen LogP contribution in [0.25, 0.3) is 11.3 Å². The number of nitrogens with zero attached hydrogens (tertiary/aromatic N) is 4. The minimum Gasteiger partial charge on any atom is -0.482 e. The highest BCUT2D eigenvalue weighted by molar-refractivity contribution is 8.00. The lowest BCUT2D eigenvalue weighted by atomic mass is 10.1. The number of pyridine rings is 1. The number of nitrogens with one attached hydrogen (secondary N) is 3. The monoisotopic (exact) mass is 530 g/mol. The number of ether oxygens (including phenoxy) is 1. The average Bonchev–Trinajstić information content (AvgIpc) is 3.29. The quantitative estimate of drug-likeness (QED) is 0.211. The standard InChI is InChI=1S/C23H21F3N8O2S/c1-13(15-4-2-3-7-29-15)36-17-10-14(5-6-16(17)34-37-12-23(24,25)26)20-19(21(27)35)22(33-32-20)31-18-11-28-8-9-30-18/h2-11,13,34H,12H2,1H3,(H2,27,35)(H2,30,31,32,33). The number of nitrogens with two attached hydrogens (primary N) is 1. The van der Waals surface area contributed by atoms with Gasteiger partial charge in [-0.05, 0) is 43.1 Å². The zero-order chi connectivity index (χ0) is 26.4. The first-order valence-corrected chi connectivity index (χ1v) is 11.8. The number of anilines is 3. The van der Waals surface area contributed by atoms with Crippen LogP contribution in [-0.4, -0.2) is 43.0 Å². The Bertz CT molecular complexity index is 1350. The van der Waals surface area contributed by atoms with Gasteiger partial charge in [-0.3, -0.25) is 19.9 Å². The second-order valence-corrected chi connectivity index (χ2v) is 8.42. The van der Waals surface area contributed by atoms with Crippen LogP contribution in [0.4, 0.5) is 30.5 Å². The molecule has 0 radical (unpaired) electrons. The molecule has 0 aliphatic carbocycles. The van der Waals surface area contributed by atoms with Crippen molar-refractivity contribution in [1.82, 2.24) is 25.1 Å². The number of carbonyl (C=O) groups is 1. The maximum Gasteiger partial charge on any atom is 0.399 e. The van der Waals surface area contributed by atoms with Crippen molar-refractivity contribution >= 4 is 35.2 Å². The topological polar surface area (TPSA) is 144 Å². The second-order valence-electron chi connectivity index (χ2n) is 7.63. The highest BCUT2D eigenvalue weighted by atomic mass is 32.2. The predicted octanol–water partition coefficient (Wildman–Crippen LogP) is 4.87. The van der Waals surface area contributed by atoms with Crippen LogP contribution < -0.4 is 20.5 Å². The lowest BCUT2D eigenvalue weighted by Gasteiger charge is -2.19. The van der Waals surface area contributed by atoms with E-state index >= 15 is 0 Å². The number of aromatic amines is 1. The number of rotatable bonds is 10. The van der Waals surface area contributed by atoms with E-state index in [2.05, 4.69) is 35.2 Å². The number of aromatic nitrogens is 5. The number of amides is 1. The molecule has 0 aliphatic heterocycles. The molecule has 4 rings (SSSR count). The summed E-state index contributed by atoms with van der Waals surface area (Å²) in [6.07, 6.45) is 1.14. The van der Waals surface area contributed by atoms with Crippen LogP contribution >= 0.6 is 11.9 Å². The number of alkyl halides is 3. The van der Waals surface area contributed by atoms with Gasteiger partial charge in [0.2, 0.25) is 0 Å². The van der Waals surface area contributed by atoms with E-state index in [4.69, 9.17) is 10.5 Å². The Kier molecular flexibility index (Phi) is 7.77. The van der Waals surface area contributed by atoms with Gasteiger partial charge in [0, 0.05) is 24.2 Å². The number of hydrogen-bond acceptors (Lipinski definition) is 9. The fourth-order valence-electron chi connectivity index (χ4n) is 3.29. The average molecular weight is 531 g/mol. The van der Waals surface area contributed by atoms with Crippen molar-refractivity contribution in [3.8, 4) is 17.0 Å². The number of primary amides is 1. The molecule has 1 unspecified atom stereocenters. The van der Waals surface area contributed by atoms with Gasteiger partial charge in [-0.2, -0.15) is 18.3 Å². The first-order chi connectivity index (χ1) is 17.7. The Morgan fingerprint density at radius 3 is 2.70 bits per heavy atom. The Labute approximate surface area is 213 Å². The highest BCUT2D eigenvalue weighted by Crippen LogP contribution is 2.37. The maximum atomic E-state index is 12.7. The minimum atomic E-state index is -4.35. The van der Waals surface area contributed by atoms with Crippen molar-refractivity contribution in [2.75, 3.05) is 15.8 Å². The van der Waals surface area contributed by atoms with E-state index in [1.165, 1.54) is 18.6 Å². The van der Waals surface area contributed by atoms with Crippen LogP contribution in [0.15, 0.2) is 61.2 Å². The van der Waals surface area contributed by atoms with Crippen molar-refractivity contribution in [2.45, 2.75) is 19.2 Å². The molecule has 0 spiro atoms. The first-order valence-electron chi connectivity index (χ1n) is 10.8. The molecule has 0 fully saturated rings. The van der Waals surface area contributed by atoms with Gasteiger partial charge in [-0.25, -0.2) is 4.98 Å². The number of H-pyrrole nitrogens is 1. The van der Waals surface area contributed by atoms with Crippen molar-refractivity contribution in [1.29, 1.82) is 0 Å². The number of carbonyl (C=O) groups excluding carboxylic acids is 1.